The molecule has 0 spiro atoms. The summed E-state index contributed by atoms with van der Waals surface area (Å²) in [6.07, 6.45) is 0.921. The smallest absolute Gasteiger partial charge is 0.337 e. The fraction of sp³-hybridized carbons (Fsp3) is 0.214. The van der Waals surface area contributed by atoms with E-state index in [-0.39, 0.29) is 5.97 Å². The van der Waals surface area contributed by atoms with Gasteiger partial charge in [0.2, 0.25) is 0 Å². The van der Waals surface area contributed by atoms with Gasteiger partial charge in [0, 0.05) is 4.91 Å². The first kappa shape index (κ1) is 13.6. The average molecular weight is 248 g/mol. The van der Waals surface area contributed by atoms with Crippen LogP contribution in [0, 0.1) is 0 Å². The van der Waals surface area contributed by atoms with Crippen LogP contribution >= 0.6 is 11.8 Å². The summed E-state index contributed by atoms with van der Waals surface area (Å²) in [5.41, 5.74) is 1.54. The Kier molecular flexibility index (Phi) is 5.04. The van der Waals surface area contributed by atoms with Crippen molar-refractivity contribution in [3.05, 3.63) is 53.5 Å². The standard InChI is InChI=1S/C14H16O2S/c1-5-10(2)17-11(3)12-6-8-13(9-7-12)14(15)16-4/h6-9H,2-3,5H2,1,4H3. The van der Waals surface area contributed by atoms with Crippen molar-refractivity contribution in [2.75, 3.05) is 7.11 Å². The van der Waals surface area contributed by atoms with E-state index in [0.29, 0.717) is 5.56 Å². The van der Waals surface area contributed by atoms with E-state index in [1.165, 1.54) is 7.11 Å². The molecule has 0 aliphatic carbocycles. The van der Waals surface area contributed by atoms with Gasteiger partial charge in [-0.1, -0.05) is 44.0 Å². The van der Waals surface area contributed by atoms with Crippen LogP contribution in [0.25, 0.3) is 4.91 Å². The second-order valence-corrected chi connectivity index (χ2v) is 4.76. The Hall–Kier alpha value is -1.48. The minimum atomic E-state index is -0.326. The number of thioether (sulfide) groups is 1. The van der Waals surface area contributed by atoms with Gasteiger partial charge in [-0.3, -0.25) is 0 Å². The van der Waals surface area contributed by atoms with E-state index in [2.05, 4.69) is 24.8 Å². The summed E-state index contributed by atoms with van der Waals surface area (Å²) < 4.78 is 4.64. The van der Waals surface area contributed by atoms with Gasteiger partial charge >= 0.3 is 5.97 Å². The number of ether oxygens (including phenoxy) is 1. The molecule has 0 aromatic heterocycles. The lowest BCUT2D eigenvalue weighted by molar-refractivity contribution is 0.0601. The highest BCUT2D eigenvalue weighted by Crippen LogP contribution is 2.32. The maximum Gasteiger partial charge on any atom is 0.337 e. The third-order valence-electron chi connectivity index (χ3n) is 2.29. The fourth-order valence-corrected chi connectivity index (χ4v) is 1.96. The van der Waals surface area contributed by atoms with Gasteiger partial charge in [0.15, 0.2) is 0 Å². The lowest BCUT2D eigenvalue weighted by Crippen LogP contribution is -2.00. The van der Waals surface area contributed by atoms with Gasteiger partial charge in [-0.05, 0) is 29.0 Å². The predicted molar refractivity (Wildman–Crippen MR) is 73.8 cm³/mol. The molecule has 0 aliphatic heterocycles. The van der Waals surface area contributed by atoms with E-state index in [0.717, 1.165) is 21.8 Å². The molecule has 0 atom stereocenters. The maximum absolute atomic E-state index is 11.3. The third kappa shape index (κ3) is 3.79. The van der Waals surface area contributed by atoms with E-state index in [9.17, 15) is 4.79 Å². The van der Waals surface area contributed by atoms with Crippen molar-refractivity contribution in [3.63, 3.8) is 0 Å². The molecule has 0 saturated heterocycles. The van der Waals surface area contributed by atoms with Gasteiger partial charge in [0.1, 0.15) is 0 Å². The van der Waals surface area contributed by atoms with Crippen molar-refractivity contribution >= 4 is 22.6 Å². The van der Waals surface area contributed by atoms with Crippen LogP contribution in [-0.2, 0) is 4.74 Å². The summed E-state index contributed by atoms with van der Waals surface area (Å²) in [5, 5.41) is 0. The predicted octanol–water partition coefficient (Wildman–Crippen LogP) is 4.10. The Labute approximate surface area is 106 Å². The van der Waals surface area contributed by atoms with Crippen molar-refractivity contribution in [1.29, 1.82) is 0 Å². The van der Waals surface area contributed by atoms with Gasteiger partial charge in [0.05, 0.1) is 12.7 Å². The summed E-state index contributed by atoms with van der Waals surface area (Å²) in [5.74, 6) is -0.326. The maximum atomic E-state index is 11.3. The molecule has 1 rings (SSSR count). The molecule has 90 valence electrons. The van der Waals surface area contributed by atoms with Gasteiger partial charge in [-0.2, -0.15) is 0 Å². The van der Waals surface area contributed by atoms with Gasteiger partial charge in [-0.25, -0.2) is 4.79 Å². The van der Waals surface area contributed by atoms with Crippen LogP contribution in [0.15, 0.2) is 42.3 Å². The largest absolute Gasteiger partial charge is 0.465 e. The number of benzene rings is 1. The molecular formula is C14H16O2S. The van der Waals surface area contributed by atoms with E-state index in [1.807, 2.05) is 12.1 Å². The number of allylic oxidation sites excluding steroid dienone is 1. The number of carbonyl (C=O) groups excluding carboxylic acids is 1. The van der Waals surface area contributed by atoms with Crippen LogP contribution in [-0.4, -0.2) is 13.1 Å². The van der Waals surface area contributed by atoms with Crippen LogP contribution in [0.2, 0.25) is 0 Å². The van der Waals surface area contributed by atoms with Crippen LogP contribution < -0.4 is 0 Å². The van der Waals surface area contributed by atoms with Crippen LogP contribution in [0.5, 0.6) is 0 Å². The zero-order valence-electron chi connectivity index (χ0n) is 10.2. The van der Waals surface area contributed by atoms with E-state index in [4.69, 9.17) is 0 Å². The quantitative estimate of drug-likeness (QED) is 0.734. The number of hydrogen-bond donors (Lipinski definition) is 0. The molecule has 1 aromatic rings. The van der Waals surface area contributed by atoms with Crippen molar-refractivity contribution in [3.8, 4) is 0 Å². The number of methoxy groups -OCH3 is 1. The number of rotatable bonds is 5. The summed E-state index contributed by atoms with van der Waals surface area (Å²) in [4.78, 5) is 13.3. The highest BCUT2D eigenvalue weighted by atomic mass is 32.2. The van der Waals surface area contributed by atoms with E-state index < -0.39 is 0 Å². The molecular weight excluding hydrogens is 232 g/mol. The summed E-state index contributed by atoms with van der Waals surface area (Å²) in [6, 6.07) is 7.21. The molecule has 0 N–H and O–H groups in total. The van der Waals surface area contributed by atoms with Crippen molar-refractivity contribution in [2.24, 2.45) is 0 Å². The molecule has 0 bridgehead atoms. The molecule has 0 radical (unpaired) electrons. The second kappa shape index (κ2) is 6.30. The van der Waals surface area contributed by atoms with Crippen molar-refractivity contribution in [1.82, 2.24) is 0 Å². The summed E-state index contributed by atoms with van der Waals surface area (Å²) >= 11 is 1.57. The first-order chi connectivity index (χ1) is 8.08. The summed E-state index contributed by atoms with van der Waals surface area (Å²) in [7, 11) is 1.37. The number of carbonyl (C=O) groups is 1. The molecule has 0 saturated carbocycles. The molecule has 1 aromatic carbocycles. The lowest BCUT2D eigenvalue weighted by Gasteiger charge is -2.07. The van der Waals surface area contributed by atoms with Gasteiger partial charge < -0.3 is 4.74 Å². The lowest BCUT2D eigenvalue weighted by atomic mass is 10.1. The highest BCUT2D eigenvalue weighted by Gasteiger charge is 2.06. The summed E-state index contributed by atoms with van der Waals surface area (Å²) in [6.45, 7) is 9.98. The van der Waals surface area contributed by atoms with Gasteiger partial charge in [-0.15, -0.1) is 0 Å². The average Bonchev–Trinajstić information content (AvgIpc) is 2.37. The minimum Gasteiger partial charge on any atom is -0.465 e. The molecule has 0 aliphatic rings. The Morgan fingerprint density at radius 2 is 1.76 bits per heavy atom. The zero-order chi connectivity index (χ0) is 12.8. The molecule has 2 nitrogen and oxygen atoms in total. The van der Waals surface area contributed by atoms with Crippen LogP contribution in [0.1, 0.15) is 29.3 Å². The number of hydrogen-bond acceptors (Lipinski definition) is 3. The molecule has 0 heterocycles. The molecule has 0 amide bonds. The van der Waals surface area contributed by atoms with E-state index >= 15 is 0 Å². The second-order valence-electron chi connectivity index (χ2n) is 3.49. The van der Waals surface area contributed by atoms with E-state index in [1.54, 1.807) is 23.9 Å². The Balaban J connectivity index is 2.77. The highest BCUT2D eigenvalue weighted by molar-refractivity contribution is 8.11. The molecule has 17 heavy (non-hydrogen) atoms. The minimum absolute atomic E-state index is 0.326. The first-order valence-corrected chi connectivity index (χ1v) is 6.13. The topological polar surface area (TPSA) is 26.3 Å². The molecule has 0 unspecified atom stereocenters. The molecule has 3 heteroatoms. The van der Waals surface area contributed by atoms with Crippen LogP contribution in [0.4, 0.5) is 0 Å². The SMILES string of the molecule is C=C(CC)SC(=C)c1ccc(C(=O)OC)cc1. The number of esters is 1. The van der Waals surface area contributed by atoms with Crippen molar-refractivity contribution < 1.29 is 9.53 Å². The normalized spacial score (nSPS) is 9.76. The fourth-order valence-electron chi connectivity index (χ4n) is 1.22. The monoisotopic (exact) mass is 248 g/mol. The molecule has 0 fully saturated rings. The van der Waals surface area contributed by atoms with Crippen LogP contribution in [0.3, 0.4) is 0 Å². The van der Waals surface area contributed by atoms with Gasteiger partial charge in [0.25, 0.3) is 0 Å². The Bertz CT molecular complexity index is 432. The Morgan fingerprint density at radius 3 is 2.24 bits per heavy atom. The first-order valence-electron chi connectivity index (χ1n) is 5.31. The van der Waals surface area contributed by atoms with Crippen molar-refractivity contribution in [2.45, 2.75) is 13.3 Å². The Morgan fingerprint density at radius 1 is 1.24 bits per heavy atom. The third-order valence-corrected chi connectivity index (χ3v) is 3.35. The zero-order valence-corrected chi connectivity index (χ0v) is 11.0.